The van der Waals surface area contributed by atoms with Gasteiger partial charge in [-0.05, 0) is 31.2 Å². The number of rotatable bonds is 8. The molecule has 0 saturated heterocycles. The third kappa shape index (κ3) is 5.64. The Bertz CT molecular complexity index is 871. The zero-order valence-electron chi connectivity index (χ0n) is 14.6. The Kier molecular flexibility index (Phi) is 6.88. The summed E-state index contributed by atoms with van der Waals surface area (Å²) in [6.45, 7) is 2.30. The summed E-state index contributed by atoms with van der Waals surface area (Å²) in [6, 6.07) is 13.7. The summed E-state index contributed by atoms with van der Waals surface area (Å²) in [5.41, 5.74) is 1.15. The van der Waals surface area contributed by atoms with E-state index in [2.05, 4.69) is 5.32 Å². The van der Waals surface area contributed by atoms with Crippen molar-refractivity contribution in [3.05, 3.63) is 59.1 Å². The maximum Gasteiger partial charge on any atom is 0.241 e. The van der Waals surface area contributed by atoms with Crippen molar-refractivity contribution in [1.82, 2.24) is 5.32 Å². The van der Waals surface area contributed by atoms with Crippen molar-refractivity contribution < 1.29 is 17.9 Å². The van der Waals surface area contributed by atoms with Crippen LogP contribution < -0.4 is 14.4 Å². The van der Waals surface area contributed by atoms with Crippen molar-refractivity contribution in [2.24, 2.45) is 0 Å². The van der Waals surface area contributed by atoms with E-state index in [0.29, 0.717) is 23.1 Å². The molecule has 0 radical (unpaired) electrons. The van der Waals surface area contributed by atoms with Crippen molar-refractivity contribution in [3.8, 4) is 5.75 Å². The van der Waals surface area contributed by atoms with E-state index in [1.165, 1.54) is 6.07 Å². The van der Waals surface area contributed by atoms with Gasteiger partial charge >= 0.3 is 0 Å². The van der Waals surface area contributed by atoms with E-state index in [9.17, 15) is 13.2 Å². The lowest BCUT2D eigenvalue weighted by Crippen LogP contribution is -2.40. The van der Waals surface area contributed by atoms with Crippen LogP contribution in [-0.2, 0) is 21.4 Å². The lowest BCUT2D eigenvalue weighted by molar-refractivity contribution is -0.119. The van der Waals surface area contributed by atoms with Crippen LogP contribution in [-0.4, -0.2) is 33.7 Å². The number of hydrogen-bond donors (Lipinski definition) is 1. The summed E-state index contributed by atoms with van der Waals surface area (Å²) in [7, 11) is -3.64. The third-order valence-electron chi connectivity index (χ3n) is 3.53. The van der Waals surface area contributed by atoms with E-state index < -0.39 is 15.9 Å². The standard InChI is InChI=1S/C18H21ClN2O4S/c1-3-25-17-10-5-4-7-14(17)12-20-18(22)13-21(26(2,23)24)16-9-6-8-15(19)11-16/h4-11H,3,12-13H2,1-2H3,(H,20,22). The lowest BCUT2D eigenvalue weighted by Gasteiger charge is -2.22. The largest absolute Gasteiger partial charge is 0.494 e. The number of benzene rings is 2. The number of para-hydroxylation sites is 1. The average Bonchev–Trinajstić information content (AvgIpc) is 2.58. The van der Waals surface area contributed by atoms with Crippen molar-refractivity contribution in [2.75, 3.05) is 23.7 Å². The fourth-order valence-electron chi connectivity index (χ4n) is 2.36. The minimum atomic E-state index is -3.64. The third-order valence-corrected chi connectivity index (χ3v) is 4.91. The number of amides is 1. The van der Waals surface area contributed by atoms with Crippen molar-refractivity contribution in [1.29, 1.82) is 0 Å². The zero-order chi connectivity index (χ0) is 19.2. The Hall–Kier alpha value is -2.25. The number of carbonyl (C=O) groups excluding carboxylic acids is 1. The predicted molar refractivity (Wildman–Crippen MR) is 103 cm³/mol. The van der Waals surface area contributed by atoms with Crippen molar-refractivity contribution >= 4 is 33.2 Å². The van der Waals surface area contributed by atoms with Crippen LogP contribution in [0.5, 0.6) is 5.75 Å². The van der Waals surface area contributed by atoms with Crippen molar-refractivity contribution in [2.45, 2.75) is 13.5 Å². The van der Waals surface area contributed by atoms with E-state index in [1.54, 1.807) is 18.2 Å². The van der Waals surface area contributed by atoms with Crippen LogP contribution in [0.3, 0.4) is 0 Å². The van der Waals surface area contributed by atoms with Crippen LogP contribution in [0.4, 0.5) is 5.69 Å². The number of nitrogens with one attached hydrogen (secondary N) is 1. The minimum Gasteiger partial charge on any atom is -0.494 e. The van der Waals surface area contributed by atoms with Gasteiger partial charge in [-0.15, -0.1) is 0 Å². The second kappa shape index (κ2) is 8.91. The number of halogens is 1. The van der Waals surface area contributed by atoms with Gasteiger partial charge in [-0.25, -0.2) is 8.42 Å². The lowest BCUT2D eigenvalue weighted by atomic mass is 10.2. The van der Waals surface area contributed by atoms with Gasteiger partial charge in [-0.3, -0.25) is 9.10 Å². The molecule has 2 aromatic carbocycles. The first kappa shape index (κ1) is 20.1. The van der Waals surface area contributed by atoms with E-state index >= 15 is 0 Å². The summed E-state index contributed by atoms with van der Waals surface area (Å²) >= 11 is 5.93. The minimum absolute atomic E-state index is 0.238. The molecule has 0 aliphatic carbocycles. The van der Waals surface area contributed by atoms with Gasteiger partial charge in [0, 0.05) is 17.1 Å². The summed E-state index contributed by atoms with van der Waals surface area (Å²) in [5.74, 6) is 0.256. The molecule has 6 nitrogen and oxygen atoms in total. The first-order chi connectivity index (χ1) is 12.3. The first-order valence-electron chi connectivity index (χ1n) is 8.02. The first-order valence-corrected chi connectivity index (χ1v) is 10.2. The summed E-state index contributed by atoms with van der Waals surface area (Å²) in [5, 5.41) is 3.12. The molecule has 0 saturated carbocycles. The molecule has 0 aromatic heterocycles. The normalized spacial score (nSPS) is 11.0. The highest BCUT2D eigenvalue weighted by molar-refractivity contribution is 7.92. The molecule has 0 heterocycles. The highest BCUT2D eigenvalue weighted by atomic mass is 35.5. The predicted octanol–water partition coefficient (Wildman–Crippen LogP) is 2.82. The quantitative estimate of drug-likeness (QED) is 0.744. The Labute approximate surface area is 158 Å². The van der Waals surface area contributed by atoms with Gasteiger partial charge in [0.25, 0.3) is 0 Å². The van der Waals surface area contributed by atoms with E-state index in [1.807, 2.05) is 31.2 Å². The van der Waals surface area contributed by atoms with Crippen LogP contribution >= 0.6 is 11.6 Å². The van der Waals surface area contributed by atoms with Gasteiger partial charge in [0.15, 0.2) is 0 Å². The number of hydrogen-bond acceptors (Lipinski definition) is 4. The summed E-state index contributed by atoms with van der Waals surface area (Å²) in [6.07, 6.45) is 1.05. The van der Waals surface area contributed by atoms with E-state index in [0.717, 1.165) is 16.1 Å². The van der Waals surface area contributed by atoms with Gasteiger partial charge in [-0.1, -0.05) is 35.9 Å². The van der Waals surface area contributed by atoms with Gasteiger partial charge in [0.1, 0.15) is 12.3 Å². The highest BCUT2D eigenvalue weighted by Gasteiger charge is 2.21. The number of nitrogens with zero attached hydrogens (tertiary/aromatic N) is 1. The molecule has 0 aliphatic heterocycles. The molecule has 2 aromatic rings. The maximum atomic E-state index is 12.3. The number of sulfonamides is 1. The Morgan fingerprint density at radius 3 is 2.58 bits per heavy atom. The molecule has 8 heteroatoms. The molecule has 26 heavy (non-hydrogen) atoms. The van der Waals surface area contributed by atoms with E-state index in [4.69, 9.17) is 16.3 Å². The molecule has 0 fully saturated rings. The zero-order valence-corrected chi connectivity index (χ0v) is 16.2. The Morgan fingerprint density at radius 1 is 1.19 bits per heavy atom. The monoisotopic (exact) mass is 396 g/mol. The van der Waals surface area contributed by atoms with Crippen LogP contribution in [0.2, 0.25) is 5.02 Å². The fraction of sp³-hybridized carbons (Fsp3) is 0.278. The highest BCUT2D eigenvalue weighted by Crippen LogP contribution is 2.22. The molecule has 0 unspecified atom stereocenters. The fourth-order valence-corrected chi connectivity index (χ4v) is 3.39. The van der Waals surface area contributed by atoms with Gasteiger partial charge in [0.2, 0.25) is 15.9 Å². The van der Waals surface area contributed by atoms with Crippen LogP contribution in [0.15, 0.2) is 48.5 Å². The summed E-state index contributed by atoms with van der Waals surface area (Å²) in [4.78, 5) is 12.3. The molecule has 1 N–H and O–H groups in total. The number of anilines is 1. The topological polar surface area (TPSA) is 75.7 Å². The molecule has 2 rings (SSSR count). The Balaban J connectivity index is 2.09. The smallest absolute Gasteiger partial charge is 0.241 e. The molecular formula is C18H21ClN2O4S. The average molecular weight is 397 g/mol. The van der Waals surface area contributed by atoms with Gasteiger partial charge < -0.3 is 10.1 Å². The van der Waals surface area contributed by atoms with Gasteiger partial charge in [0.05, 0.1) is 18.6 Å². The second-order valence-electron chi connectivity index (χ2n) is 5.57. The maximum absolute atomic E-state index is 12.3. The van der Waals surface area contributed by atoms with Crippen LogP contribution in [0.25, 0.3) is 0 Å². The second-order valence-corrected chi connectivity index (χ2v) is 7.91. The van der Waals surface area contributed by atoms with Crippen LogP contribution in [0.1, 0.15) is 12.5 Å². The summed E-state index contributed by atoms with van der Waals surface area (Å²) < 4.78 is 30.7. The molecule has 140 valence electrons. The molecule has 0 bridgehead atoms. The van der Waals surface area contributed by atoms with Gasteiger partial charge in [-0.2, -0.15) is 0 Å². The van der Waals surface area contributed by atoms with E-state index in [-0.39, 0.29) is 13.1 Å². The number of ether oxygens (including phenoxy) is 1. The van der Waals surface area contributed by atoms with Crippen molar-refractivity contribution in [3.63, 3.8) is 0 Å². The molecular weight excluding hydrogens is 376 g/mol. The number of carbonyl (C=O) groups is 1. The molecule has 0 atom stereocenters. The van der Waals surface area contributed by atoms with Crippen LogP contribution in [0, 0.1) is 0 Å². The molecule has 0 spiro atoms. The SMILES string of the molecule is CCOc1ccccc1CNC(=O)CN(c1cccc(Cl)c1)S(C)(=O)=O. The molecule has 1 amide bonds. The molecule has 0 aliphatic rings. The Morgan fingerprint density at radius 2 is 1.92 bits per heavy atom.